The highest BCUT2D eigenvalue weighted by molar-refractivity contribution is 7.17. The van der Waals surface area contributed by atoms with E-state index in [2.05, 4.69) is 4.90 Å². The van der Waals surface area contributed by atoms with E-state index in [-0.39, 0.29) is 5.69 Å². The molecule has 24 heavy (non-hydrogen) atoms. The van der Waals surface area contributed by atoms with E-state index < -0.39 is 4.92 Å². The third-order valence-electron chi connectivity index (χ3n) is 3.99. The number of nitro benzene ring substituents is 1. The summed E-state index contributed by atoms with van der Waals surface area (Å²) in [5.41, 5.74) is 0.779. The van der Waals surface area contributed by atoms with E-state index in [0.29, 0.717) is 48.6 Å². The van der Waals surface area contributed by atoms with E-state index in [0.717, 1.165) is 11.3 Å². The Bertz CT molecular complexity index is 781. The highest BCUT2D eigenvalue weighted by Crippen LogP contribution is 2.31. The fourth-order valence-corrected chi connectivity index (χ4v) is 3.64. The Morgan fingerprint density at radius 1 is 1.00 bits per heavy atom. The molecular weight excluding hydrogens is 330 g/mol. The maximum Gasteiger partial charge on any atom is 0.293 e. The van der Waals surface area contributed by atoms with E-state index in [4.69, 9.17) is 0 Å². The van der Waals surface area contributed by atoms with Crippen LogP contribution in [0.15, 0.2) is 30.3 Å². The standard InChI is InChI=1S/C16H15N3O4S/c20-10-12-1-3-14(15(9-12)19(22)23)17-5-7-18(8-6-17)16-4-2-13(11-21)24-16/h1-4,9-11H,5-8H2. The molecule has 0 radical (unpaired) electrons. The van der Waals surface area contributed by atoms with Crippen LogP contribution in [0.2, 0.25) is 0 Å². The molecule has 2 aromatic rings. The van der Waals surface area contributed by atoms with Gasteiger partial charge in [0.1, 0.15) is 12.0 Å². The molecule has 0 saturated carbocycles. The number of carbonyl (C=O) groups excluding carboxylic acids is 2. The molecule has 7 nitrogen and oxygen atoms in total. The van der Waals surface area contributed by atoms with Crippen molar-refractivity contribution >= 4 is 40.3 Å². The van der Waals surface area contributed by atoms with Crippen LogP contribution in [0.3, 0.4) is 0 Å². The first-order valence-electron chi connectivity index (χ1n) is 7.41. The number of hydrogen-bond donors (Lipinski definition) is 0. The van der Waals surface area contributed by atoms with Gasteiger partial charge in [0.05, 0.1) is 14.8 Å². The van der Waals surface area contributed by atoms with Crippen LogP contribution in [-0.4, -0.2) is 43.7 Å². The lowest BCUT2D eigenvalue weighted by Crippen LogP contribution is -2.46. The Morgan fingerprint density at radius 2 is 1.71 bits per heavy atom. The van der Waals surface area contributed by atoms with Crippen molar-refractivity contribution < 1.29 is 14.5 Å². The molecule has 1 aromatic carbocycles. The predicted molar refractivity (Wildman–Crippen MR) is 92.6 cm³/mol. The molecule has 2 heterocycles. The number of carbonyl (C=O) groups is 2. The van der Waals surface area contributed by atoms with E-state index in [9.17, 15) is 19.7 Å². The summed E-state index contributed by atoms with van der Waals surface area (Å²) in [5.74, 6) is 0. The molecule has 1 saturated heterocycles. The fourth-order valence-electron chi connectivity index (χ4n) is 2.77. The van der Waals surface area contributed by atoms with Crippen molar-refractivity contribution in [2.45, 2.75) is 0 Å². The number of aldehydes is 2. The summed E-state index contributed by atoms with van der Waals surface area (Å²) in [6.45, 7) is 2.70. The molecule has 0 bridgehead atoms. The minimum atomic E-state index is -0.454. The largest absolute Gasteiger partial charge is 0.362 e. The molecule has 1 aliphatic heterocycles. The number of thiophene rings is 1. The van der Waals surface area contributed by atoms with Crippen LogP contribution < -0.4 is 9.80 Å². The van der Waals surface area contributed by atoms with Gasteiger partial charge in [-0.3, -0.25) is 19.7 Å². The van der Waals surface area contributed by atoms with Crippen LogP contribution in [0.1, 0.15) is 20.0 Å². The van der Waals surface area contributed by atoms with Crippen molar-refractivity contribution in [1.82, 2.24) is 0 Å². The molecule has 8 heteroatoms. The fraction of sp³-hybridized carbons (Fsp3) is 0.250. The molecule has 1 aliphatic rings. The van der Waals surface area contributed by atoms with Gasteiger partial charge in [0.2, 0.25) is 0 Å². The van der Waals surface area contributed by atoms with Crippen LogP contribution in [-0.2, 0) is 0 Å². The van der Waals surface area contributed by atoms with Gasteiger partial charge in [-0.1, -0.05) is 0 Å². The zero-order valence-corrected chi connectivity index (χ0v) is 13.6. The first-order valence-corrected chi connectivity index (χ1v) is 8.22. The van der Waals surface area contributed by atoms with Gasteiger partial charge in [-0.25, -0.2) is 0 Å². The average molecular weight is 345 g/mol. The maximum atomic E-state index is 11.3. The van der Waals surface area contributed by atoms with Gasteiger partial charge in [-0.05, 0) is 24.3 Å². The van der Waals surface area contributed by atoms with Gasteiger partial charge >= 0.3 is 0 Å². The van der Waals surface area contributed by atoms with Gasteiger partial charge < -0.3 is 9.80 Å². The zero-order valence-electron chi connectivity index (χ0n) is 12.8. The Hall–Kier alpha value is -2.74. The molecule has 0 aliphatic carbocycles. The first kappa shape index (κ1) is 16.1. The molecule has 0 unspecified atom stereocenters. The summed E-state index contributed by atoms with van der Waals surface area (Å²) in [5, 5.41) is 12.3. The van der Waals surface area contributed by atoms with E-state index in [1.54, 1.807) is 18.2 Å². The summed E-state index contributed by atoms with van der Waals surface area (Å²) in [6, 6.07) is 8.25. The van der Waals surface area contributed by atoms with Crippen LogP contribution in [0.25, 0.3) is 0 Å². The Morgan fingerprint density at radius 3 is 2.29 bits per heavy atom. The second-order valence-corrected chi connectivity index (χ2v) is 6.48. The maximum absolute atomic E-state index is 11.3. The van der Waals surface area contributed by atoms with Crippen molar-refractivity contribution in [2.24, 2.45) is 0 Å². The Kier molecular flexibility index (Phi) is 4.57. The predicted octanol–water partition coefficient (Wildman–Crippen LogP) is 2.61. The highest BCUT2D eigenvalue weighted by Gasteiger charge is 2.24. The summed E-state index contributed by atoms with van der Waals surface area (Å²) in [6.07, 6.45) is 1.44. The number of anilines is 2. The zero-order chi connectivity index (χ0) is 17.1. The van der Waals surface area contributed by atoms with Crippen LogP contribution in [0.4, 0.5) is 16.4 Å². The number of hydrogen-bond acceptors (Lipinski definition) is 7. The molecule has 0 amide bonds. The van der Waals surface area contributed by atoms with Gasteiger partial charge in [0, 0.05) is 37.8 Å². The number of benzene rings is 1. The van der Waals surface area contributed by atoms with Gasteiger partial charge in [0.15, 0.2) is 6.29 Å². The molecule has 1 aromatic heterocycles. The number of rotatable bonds is 5. The third kappa shape index (κ3) is 3.13. The van der Waals surface area contributed by atoms with Crippen molar-refractivity contribution in [1.29, 1.82) is 0 Å². The summed E-state index contributed by atoms with van der Waals surface area (Å²) < 4.78 is 0. The molecule has 0 atom stereocenters. The molecule has 124 valence electrons. The first-order chi connectivity index (χ1) is 11.6. The summed E-state index contributed by atoms with van der Waals surface area (Å²) in [7, 11) is 0. The topological polar surface area (TPSA) is 83.8 Å². The smallest absolute Gasteiger partial charge is 0.293 e. The summed E-state index contributed by atoms with van der Waals surface area (Å²) >= 11 is 1.44. The minimum Gasteiger partial charge on any atom is -0.362 e. The lowest BCUT2D eigenvalue weighted by molar-refractivity contribution is -0.384. The Labute approximate surface area is 142 Å². The van der Waals surface area contributed by atoms with E-state index in [1.807, 2.05) is 11.0 Å². The lowest BCUT2D eigenvalue weighted by atomic mass is 10.1. The average Bonchev–Trinajstić information content (AvgIpc) is 3.10. The van der Waals surface area contributed by atoms with Gasteiger partial charge in [-0.15, -0.1) is 11.3 Å². The van der Waals surface area contributed by atoms with Crippen molar-refractivity contribution in [2.75, 3.05) is 36.0 Å². The molecule has 1 fully saturated rings. The van der Waals surface area contributed by atoms with Crippen molar-refractivity contribution in [3.05, 3.63) is 50.9 Å². The SMILES string of the molecule is O=Cc1ccc(N2CCN(c3ccc(C=O)s3)CC2)c([N+](=O)[O-])c1. The molecule has 0 spiro atoms. The lowest BCUT2D eigenvalue weighted by Gasteiger charge is -2.36. The van der Waals surface area contributed by atoms with Crippen molar-refractivity contribution in [3.8, 4) is 0 Å². The molecular formula is C16H15N3O4S. The van der Waals surface area contributed by atoms with Crippen LogP contribution >= 0.6 is 11.3 Å². The van der Waals surface area contributed by atoms with Gasteiger partial charge in [-0.2, -0.15) is 0 Å². The van der Waals surface area contributed by atoms with E-state index >= 15 is 0 Å². The Balaban J connectivity index is 1.75. The van der Waals surface area contributed by atoms with E-state index in [1.165, 1.54) is 17.4 Å². The summed E-state index contributed by atoms with van der Waals surface area (Å²) in [4.78, 5) is 37.2. The van der Waals surface area contributed by atoms with Gasteiger partial charge in [0.25, 0.3) is 5.69 Å². The second kappa shape index (κ2) is 6.79. The monoisotopic (exact) mass is 345 g/mol. The second-order valence-electron chi connectivity index (χ2n) is 5.39. The van der Waals surface area contributed by atoms with Crippen LogP contribution in [0, 0.1) is 10.1 Å². The molecule has 3 rings (SSSR count). The number of nitrogens with zero attached hydrogens (tertiary/aromatic N) is 3. The highest BCUT2D eigenvalue weighted by atomic mass is 32.1. The minimum absolute atomic E-state index is 0.0487. The third-order valence-corrected chi connectivity index (χ3v) is 5.06. The number of nitro groups is 1. The number of piperazine rings is 1. The molecule has 0 N–H and O–H groups in total. The van der Waals surface area contributed by atoms with Crippen molar-refractivity contribution in [3.63, 3.8) is 0 Å². The quantitative estimate of drug-likeness (QED) is 0.470. The van der Waals surface area contributed by atoms with Crippen LogP contribution in [0.5, 0.6) is 0 Å². The normalized spacial score (nSPS) is 14.5.